The molecule has 25 heavy (non-hydrogen) atoms. The van der Waals surface area contributed by atoms with Crippen LogP contribution >= 0.6 is 30.1 Å². The van der Waals surface area contributed by atoms with Crippen molar-refractivity contribution in [2.45, 2.75) is 101 Å². The van der Waals surface area contributed by atoms with Crippen molar-refractivity contribution in [2.24, 2.45) is 0 Å². The summed E-state index contributed by atoms with van der Waals surface area (Å²) in [6.07, 6.45) is 7.13. The zero-order valence-electron chi connectivity index (χ0n) is 16.2. The van der Waals surface area contributed by atoms with Gasteiger partial charge in [0.1, 0.15) is 0 Å². The molecule has 2 rings (SSSR count). The van der Waals surface area contributed by atoms with Gasteiger partial charge in [-0.2, -0.15) is 5.26 Å². The van der Waals surface area contributed by atoms with E-state index < -0.39 is 8.53 Å². The molecule has 1 heterocycles. The maximum atomic E-state index is 8.88. The second kappa shape index (κ2) is 10.2. The third-order valence-electron chi connectivity index (χ3n) is 4.88. The minimum Gasteiger partial charge on any atom is -0.321 e. The Morgan fingerprint density at radius 3 is 2.40 bits per heavy atom. The molecule has 2 fully saturated rings. The molecule has 3 atom stereocenters. The van der Waals surface area contributed by atoms with Crippen LogP contribution in [0.5, 0.6) is 0 Å². The van der Waals surface area contributed by atoms with Crippen LogP contribution in [0.2, 0.25) is 0 Å². The van der Waals surface area contributed by atoms with Crippen LogP contribution in [0, 0.1) is 11.3 Å². The third kappa shape index (κ3) is 5.50. The van der Waals surface area contributed by atoms with Crippen molar-refractivity contribution in [1.29, 1.82) is 5.26 Å². The third-order valence-corrected chi connectivity index (χ3v) is 10.8. The van der Waals surface area contributed by atoms with E-state index in [2.05, 4.69) is 56.2 Å². The van der Waals surface area contributed by atoms with Crippen molar-refractivity contribution in [3.63, 3.8) is 0 Å². The molecule has 2 unspecified atom stereocenters. The van der Waals surface area contributed by atoms with Crippen LogP contribution < -0.4 is 0 Å². The Morgan fingerprint density at radius 1 is 1.20 bits per heavy atom. The van der Waals surface area contributed by atoms with E-state index in [0.717, 1.165) is 0 Å². The summed E-state index contributed by atoms with van der Waals surface area (Å²) in [5.74, 6) is 0. The number of rotatable bonds is 8. The minimum absolute atomic E-state index is 0.232. The van der Waals surface area contributed by atoms with Crippen LogP contribution in [-0.2, 0) is 9.05 Å². The van der Waals surface area contributed by atoms with E-state index in [0.29, 0.717) is 30.4 Å². The van der Waals surface area contributed by atoms with Crippen LogP contribution in [0.1, 0.15) is 73.1 Å². The number of nitrogens with zero attached hydrogens (tertiary/aromatic N) is 2. The molecule has 0 bridgehead atoms. The molecule has 4 nitrogen and oxygen atoms in total. The van der Waals surface area contributed by atoms with E-state index in [1.807, 2.05) is 10.8 Å². The molecule has 0 amide bonds. The molecule has 0 aromatic carbocycles. The van der Waals surface area contributed by atoms with Gasteiger partial charge in [0.2, 0.25) is 0 Å². The Morgan fingerprint density at radius 2 is 1.84 bits per heavy atom. The SMILES string of the molecule is CC(C)N(C(C)C)P(OCCC#N)OC1[C@@H](C)SSC12CCCCC2. The Bertz CT molecular complexity index is 439. The van der Waals surface area contributed by atoms with Crippen molar-refractivity contribution in [3.8, 4) is 6.07 Å². The van der Waals surface area contributed by atoms with Gasteiger partial charge in [-0.3, -0.25) is 0 Å². The highest BCUT2D eigenvalue weighted by atomic mass is 33.1. The van der Waals surface area contributed by atoms with Crippen LogP contribution in [0.15, 0.2) is 0 Å². The lowest BCUT2D eigenvalue weighted by molar-refractivity contribution is 0.0962. The number of hydrogen-bond acceptors (Lipinski definition) is 6. The predicted octanol–water partition coefficient (Wildman–Crippen LogP) is 6.13. The van der Waals surface area contributed by atoms with Crippen molar-refractivity contribution >= 4 is 30.1 Å². The Kier molecular flexibility index (Phi) is 8.85. The quantitative estimate of drug-likeness (QED) is 0.275. The summed E-state index contributed by atoms with van der Waals surface area (Å²) in [5, 5.41) is 9.36. The zero-order valence-corrected chi connectivity index (χ0v) is 18.8. The predicted molar refractivity (Wildman–Crippen MR) is 111 cm³/mol. The van der Waals surface area contributed by atoms with Crippen LogP contribution in [0.3, 0.4) is 0 Å². The minimum atomic E-state index is -1.15. The van der Waals surface area contributed by atoms with E-state index in [9.17, 15) is 0 Å². The van der Waals surface area contributed by atoms with Crippen LogP contribution in [-0.4, -0.2) is 39.5 Å². The first kappa shape index (κ1) is 21.8. The fourth-order valence-electron chi connectivity index (χ4n) is 3.79. The van der Waals surface area contributed by atoms with Crippen molar-refractivity contribution in [3.05, 3.63) is 0 Å². The monoisotopic (exact) mass is 404 g/mol. The molecule has 2 aliphatic rings. The lowest BCUT2D eigenvalue weighted by Gasteiger charge is -2.42. The highest BCUT2D eigenvalue weighted by Crippen LogP contribution is 2.62. The first-order chi connectivity index (χ1) is 11.9. The maximum absolute atomic E-state index is 8.88. The van der Waals surface area contributed by atoms with Crippen molar-refractivity contribution in [1.82, 2.24) is 4.67 Å². The van der Waals surface area contributed by atoms with Gasteiger partial charge < -0.3 is 9.05 Å². The van der Waals surface area contributed by atoms with E-state index in [-0.39, 0.29) is 10.9 Å². The molecular weight excluding hydrogens is 371 g/mol. The number of hydrogen-bond donors (Lipinski definition) is 0. The standard InChI is InChI=1S/C18H33N2O2PS2/c1-14(2)20(15(3)4)23(21-13-9-12-19)22-17-16(5)24-25-18(17)10-7-6-8-11-18/h14-17H,6-11,13H2,1-5H3/t16-,17?,23?/m1/s1. The fraction of sp³-hybridized carbons (Fsp3) is 0.944. The summed E-state index contributed by atoms with van der Waals surface area (Å²) in [5.41, 5.74) is 0. The Hall–Kier alpha value is 0.500. The molecule has 1 saturated heterocycles. The Labute approximate surface area is 163 Å². The summed E-state index contributed by atoms with van der Waals surface area (Å²) in [4.78, 5) is 0. The lowest BCUT2D eigenvalue weighted by atomic mass is 9.83. The van der Waals surface area contributed by atoms with Gasteiger partial charge in [-0.25, -0.2) is 4.67 Å². The molecule has 1 spiro atoms. The fourth-order valence-corrected chi connectivity index (χ4v) is 9.59. The normalized spacial score (nSPS) is 27.3. The first-order valence-electron chi connectivity index (χ1n) is 9.51. The molecule has 0 radical (unpaired) electrons. The highest BCUT2D eigenvalue weighted by Gasteiger charge is 2.51. The molecule has 144 valence electrons. The van der Waals surface area contributed by atoms with Crippen LogP contribution in [0.4, 0.5) is 0 Å². The second-order valence-electron chi connectivity index (χ2n) is 7.58. The van der Waals surface area contributed by atoms with E-state index in [4.69, 9.17) is 14.3 Å². The van der Waals surface area contributed by atoms with Gasteiger partial charge in [-0.05, 0) is 47.5 Å². The molecule has 1 aliphatic carbocycles. The van der Waals surface area contributed by atoms with E-state index in [1.165, 1.54) is 32.1 Å². The summed E-state index contributed by atoms with van der Waals surface area (Å²) in [6.45, 7) is 11.5. The summed E-state index contributed by atoms with van der Waals surface area (Å²) >= 11 is 0. The number of nitriles is 1. The largest absolute Gasteiger partial charge is 0.321 e. The molecule has 0 N–H and O–H groups in total. The molecule has 0 aromatic heterocycles. The lowest BCUT2D eigenvalue weighted by Crippen LogP contribution is -2.44. The van der Waals surface area contributed by atoms with Gasteiger partial charge >= 0.3 is 0 Å². The van der Waals surface area contributed by atoms with Gasteiger partial charge in [0.25, 0.3) is 8.53 Å². The molecule has 1 saturated carbocycles. The van der Waals surface area contributed by atoms with Gasteiger partial charge in [0.15, 0.2) is 0 Å². The summed E-state index contributed by atoms with van der Waals surface area (Å²) in [7, 11) is 2.89. The van der Waals surface area contributed by atoms with Crippen LogP contribution in [0.25, 0.3) is 0 Å². The molecule has 0 aromatic rings. The van der Waals surface area contributed by atoms with Gasteiger partial charge in [0, 0.05) is 17.3 Å². The summed E-state index contributed by atoms with van der Waals surface area (Å²) in [6, 6.07) is 2.89. The second-order valence-corrected chi connectivity index (χ2v) is 12.0. The van der Waals surface area contributed by atoms with Crippen molar-refractivity contribution in [2.75, 3.05) is 6.61 Å². The molecular formula is C18H33N2O2PS2. The maximum Gasteiger partial charge on any atom is 0.259 e. The van der Waals surface area contributed by atoms with E-state index >= 15 is 0 Å². The van der Waals surface area contributed by atoms with E-state index in [1.54, 1.807) is 0 Å². The van der Waals surface area contributed by atoms with Gasteiger partial charge in [0.05, 0.1) is 29.9 Å². The smallest absolute Gasteiger partial charge is 0.259 e. The zero-order chi connectivity index (χ0) is 18.4. The van der Waals surface area contributed by atoms with Crippen molar-refractivity contribution < 1.29 is 9.05 Å². The highest BCUT2D eigenvalue weighted by molar-refractivity contribution is 8.77. The summed E-state index contributed by atoms with van der Waals surface area (Å²) < 4.78 is 15.5. The molecule has 1 aliphatic heterocycles. The van der Waals surface area contributed by atoms with Gasteiger partial charge in [-0.15, -0.1) is 0 Å². The van der Waals surface area contributed by atoms with Gasteiger partial charge in [-0.1, -0.05) is 40.9 Å². The average molecular weight is 405 g/mol. The first-order valence-corrected chi connectivity index (χ1v) is 12.8. The topological polar surface area (TPSA) is 45.5 Å². The average Bonchev–Trinajstić information content (AvgIpc) is 2.84. The molecule has 7 heteroatoms. The Balaban J connectivity index is 2.16.